The Morgan fingerprint density at radius 1 is 0.468 bits per heavy atom. The van der Waals surface area contributed by atoms with Crippen LogP contribution in [0.4, 0.5) is 0 Å². The van der Waals surface area contributed by atoms with Crippen molar-refractivity contribution >= 4 is 11.9 Å². The normalized spacial score (nSPS) is 19.0. The van der Waals surface area contributed by atoms with Crippen molar-refractivity contribution in [2.75, 3.05) is 19.8 Å². The van der Waals surface area contributed by atoms with Crippen molar-refractivity contribution in [3.05, 3.63) is 85.1 Å². The summed E-state index contributed by atoms with van der Waals surface area (Å²) in [4.78, 5) is 25.1. The molecule has 79 heavy (non-hydrogen) atoms. The molecule has 7 atom stereocenters. The smallest absolute Gasteiger partial charge is 0.305 e. The van der Waals surface area contributed by atoms with E-state index in [1.165, 1.54) is 135 Å². The van der Waals surface area contributed by atoms with E-state index in [1.54, 1.807) is 6.08 Å². The molecular weight excluding hydrogens is 991 g/mol. The lowest BCUT2D eigenvalue weighted by Gasteiger charge is -2.40. The van der Waals surface area contributed by atoms with Gasteiger partial charge >= 0.3 is 5.97 Å². The van der Waals surface area contributed by atoms with Crippen LogP contribution in [0.25, 0.3) is 0 Å². The Morgan fingerprint density at radius 2 is 0.861 bits per heavy atom. The van der Waals surface area contributed by atoms with Crippen LogP contribution in [-0.2, 0) is 23.8 Å². The maximum absolute atomic E-state index is 13.0. The van der Waals surface area contributed by atoms with E-state index >= 15 is 0 Å². The summed E-state index contributed by atoms with van der Waals surface area (Å²) in [6.07, 6.45) is 66.9. The van der Waals surface area contributed by atoms with Gasteiger partial charge in [0.15, 0.2) is 6.29 Å². The summed E-state index contributed by atoms with van der Waals surface area (Å²) in [7, 11) is 0. The lowest BCUT2D eigenvalue weighted by Crippen LogP contribution is -2.60. The van der Waals surface area contributed by atoms with Gasteiger partial charge in [0.1, 0.15) is 24.4 Å². The highest BCUT2D eigenvalue weighted by atomic mass is 16.7. The third-order valence-electron chi connectivity index (χ3n) is 14.7. The predicted molar refractivity (Wildman–Crippen MR) is 329 cm³/mol. The minimum Gasteiger partial charge on any atom is -0.466 e. The molecule has 1 saturated heterocycles. The Hall–Kier alpha value is -3.16. The molecule has 0 aromatic carbocycles. The Kier molecular flexibility index (Phi) is 53.0. The number of hydrogen-bond donors (Lipinski definition) is 6. The van der Waals surface area contributed by atoms with Gasteiger partial charge in [-0.2, -0.15) is 0 Å². The summed E-state index contributed by atoms with van der Waals surface area (Å²) in [6.45, 7) is 4.21. The summed E-state index contributed by atoms with van der Waals surface area (Å²) in [5.41, 5.74) is 0. The molecule has 0 saturated carbocycles. The van der Waals surface area contributed by atoms with Crippen LogP contribution in [0.15, 0.2) is 85.1 Å². The summed E-state index contributed by atoms with van der Waals surface area (Å²) >= 11 is 0. The number of allylic oxidation sites excluding steroid dienone is 13. The largest absolute Gasteiger partial charge is 0.466 e. The fourth-order valence-electron chi connectivity index (χ4n) is 9.50. The van der Waals surface area contributed by atoms with Crippen molar-refractivity contribution < 1.29 is 49.3 Å². The van der Waals surface area contributed by atoms with Crippen molar-refractivity contribution in [1.82, 2.24) is 5.32 Å². The maximum Gasteiger partial charge on any atom is 0.305 e. The standard InChI is InChI=1S/C68H119NO10/c1-3-5-7-9-11-13-15-17-32-36-40-44-48-52-56-64(73)77-57-53-49-45-41-37-33-30-28-26-24-22-20-18-19-21-23-25-27-29-31-35-39-43-47-51-55-63(72)69-60(59-78-68-67(76)66(75)65(74)62(58-70)79-68)61(71)54-50-46-42-38-34-16-14-12-10-8-6-4-2/h9-12,15,17,19-22,34,38,50,54,60-62,65-68,70-71,74-76H,3-8,13-14,16,18,23-33,35-37,39-49,51-53,55-59H2,1-2H3,(H,69,72)/b11-9-,12-10+,17-15-,21-19-,22-20-,38-34+,54-50+. The van der Waals surface area contributed by atoms with Crippen molar-refractivity contribution in [3.63, 3.8) is 0 Å². The molecule has 0 spiro atoms. The van der Waals surface area contributed by atoms with E-state index in [1.807, 2.05) is 6.08 Å². The van der Waals surface area contributed by atoms with Gasteiger partial charge in [-0.3, -0.25) is 9.59 Å². The number of amides is 1. The van der Waals surface area contributed by atoms with Gasteiger partial charge in [-0.25, -0.2) is 0 Å². The lowest BCUT2D eigenvalue weighted by molar-refractivity contribution is -0.302. The molecule has 1 aliphatic rings. The van der Waals surface area contributed by atoms with Gasteiger partial charge in [0.2, 0.25) is 5.91 Å². The second-order valence-corrected chi connectivity index (χ2v) is 22.1. The quantitative estimate of drug-likeness (QED) is 0.0195. The van der Waals surface area contributed by atoms with E-state index in [-0.39, 0.29) is 18.5 Å². The molecule has 0 aromatic heterocycles. The second kappa shape index (κ2) is 56.7. The van der Waals surface area contributed by atoms with E-state index < -0.39 is 49.5 Å². The Labute approximate surface area is 483 Å². The van der Waals surface area contributed by atoms with E-state index in [2.05, 4.69) is 92.1 Å². The molecule has 0 aromatic rings. The van der Waals surface area contributed by atoms with Crippen LogP contribution in [0.5, 0.6) is 0 Å². The average molecular weight is 1110 g/mol. The Morgan fingerprint density at radius 3 is 1.33 bits per heavy atom. The number of nitrogens with one attached hydrogen (secondary N) is 1. The van der Waals surface area contributed by atoms with Crippen LogP contribution in [0, 0.1) is 0 Å². The Bertz CT molecular complexity index is 1590. The van der Waals surface area contributed by atoms with Crippen molar-refractivity contribution in [1.29, 1.82) is 0 Å². The summed E-state index contributed by atoms with van der Waals surface area (Å²) in [5, 5.41) is 54.3. The average Bonchev–Trinajstić information content (AvgIpc) is 3.46. The van der Waals surface area contributed by atoms with Crippen LogP contribution in [-0.4, -0.2) is 100 Å². The lowest BCUT2D eigenvalue weighted by atomic mass is 9.99. The van der Waals surface area contributed by atoms with E-state index in [4.69, 9.17) is 14.2 Å². The van der Waals surface area contributed by atoms with Crippen molar-refractivity contribution in [3.8, 4) is 0 Å². The first-order chi connectivity index (χ1) is 38.7. The third-order valence-corrected chi connectivity index (χ3v) is 14.7. The van der Waals surface area contributed by atoms with Gasteiger partial charge in [0, 0.05) is 12.8 Å². The topological polar surface area (TPSA) is 175 Å². The molecule has 11 heteroatoms. The first-order valence-corrected chi connectivity index (χ1v) is 32.4. The Balaban J connectivity index is 2.04. The van der Waals surface area contributed by atoms with Crippen LogP contribution >= 0.6 is 0 Å². The van der Waals surface area contributed by atoms with Gasteiger partial charge in [-0.15, -0.1) is 0 Å². The zero-order chi connectivity index (χ0) is 57.3. The van der Waals surface area contributed by atoms with E-state index in [0.29, 0.717) is 19.4 Å². The number of unbranched alkanes of at least 4 members (excludes halogenated alkanes) is 29. The van der Waals surface area contributed by atoms with Crippen molar-refractivity contribution in [2.24, 2.45) is 0 Å². The van der Waals surface area contributed by atoms with Crippen LogP contribution in [0.1, 0.15) is 271 Å². The third kappa shape index (κ3) is 46.1. The molecule has 456 valence electrons. The van der Waals surface area contributed by atoms with Gasteiger partial charge in [-0.1, -0.05) is 234 Å². The second-order valence-electron chi connectivity index (χ2n) is 22.1. The number of ether oxygens (including phenoxy) is 3. The van der Waals surface area contributed by atoms with Crippen molar-refractivity contribution in [2.45, 2.75) is 314 Å². The number of rotatable bonds is 55. The maximum atomic E-state index is 13.0. The van der Waals surface area contributed by atoms with Crippen LogP contribution in [0.2, 0.25) is 0 Å². The molecule has 11 nitrogen and oxygen atoms in total. The number of carbonyl (C=O) groups is 2. The number of hydrogen-bond acceptors (Lipinski definition) is 10. The van der Waals surface area contributed by atoms with Gasteiger partial charge in [-0.05, 0) is 109 Å². The fraction of sp³-hybridized carbons (Fsp3) is 0.765. The van der Waals surface area contributed by atoms with Crippen LogP contribution in [0.3, 0.4) is 0 Å². The molecule has 0 bridgehead atoms. The van der Waals surface area contributed by atoms with Gasteiger partial charge < -0.3 is 45.1 Å². The zero-order valence-electron chi connectivity index (χ0n) is 50.3. The monoisotopic (exact) mass is 1110 g/mol. The zero-order valence-corrected chi connectivity index (χ0v) is 50.3. The number of esters is 1. The molecule has 1 amide bonds. The molecule has 1 rings (SSSR count). The molecule has 6 N–H and O–H groups in total. The van der Waals surface area contributed by atoms with Crippen LogP contribution < -0.4 is 5.32 Å². The highest BCUT2D eigenvalue weighted by molar-refractivity contribution is 5.76. The minimum absolute atomic E-state index is 0.0180. The number of aliphatic hydroxyl groups excluding tert-OH is 5. The summed E-state index contributed by atoms with van der Waals surface area (Å²) in [5.74, 6) is -0.223. The molecule has 0 aliphatic carbocycles. The predicted octanol–water partition coefficient (Wildman–Crippen LogP) is 15.7. The van der Waals surface area contributed by atoms with E-state index in [9.17, 15) is 35.1 Å². The van der Waals surface area contributed by atoms with Gasteiger partial charge in [0.25, 0.3) is 0 Å². The number of aliphatic hydroxyl groups is 5. The minimum atomic E-state index is -1.58. The molecule has 7 unspecified atom stereocenters. The molecule has 1 heterocycles. The molecular formula is C68H119NO10. The molecule has 1 aliphatic heterocycles. The molecule has 1 fully saturated rings. The SMILES string of the molecule is CCCC/C=C\C/C=C\CCCCCCCC(=O)OCCCCCCCCCCC/C=C\C/C=C\CCCCCCCCCCCC(=O)NC(COC1OC(CO)C(O)C(O)C1O)C(O)/C=C/CC/C=C/CC/C=C/CCCC. The van der Waals surface area contributed by atoms with Gasteiger partial charge in [0.05, 0.1) is 32.0 Å². The fourth-order valence-corrected chi connectivity index (χ4v) is 9.50. The first-order valence-electron chi connectivity index (χ1n) is 32.4. The van der Waals surface area contributed by atoms with E-state index in [0.717, 1.165) is 109 Å². The number of carbonyl (C=O) groups excluding carboxylic acids is 2. The highest BCUT2D eigenvalue weighted by Gasteiger charge is 2.44. The summed E-state index contributed by atoms with van der Waals surface area (Å²) in [6, 6.07) is -0.841. The first kappa shape index (κ1) is 73.9. The molecule has 0 radical (unpaired) electrons. The summed E-state index contributed by atoms with van der Waals surface area (Å²) < 4.78 is 16.7. The highest BCUT2D eigenvalue weighted by Crippen LogP contribution is 2.23.